The minimum Gasteiger partial charge on any atom is -0.280 e. The molecule has 0 rings (SSSR count). The lowest BCUT2D eigenvalue weighted by atomic mass is 10.9. The summed E-state index contributed by atoms with van der Waals surface area (Å²) in [5.41, 5.74) is 0. The number of hydrogen-bond donors (Lipinski definition) is 2. The van der Waals surface area contributed by atoms with Crippen molar-refractivity contribution >= 4 is 27.9 Å². The van der Waals surface area contributed by atoms with Gasteiger partial charge in [0.05, 0.1) is 5.75 Å². The van der Waals surface area contributed by atoms with Gasteiger partial charge in [0.1, 0.15) is 0 Å². The lowest BCUT2D eigenvalue weighted by Gasteiger charge is -1.85. The Balaban J connectivity index is 4.29. The second-order valence-electron chi connectivity index (χ2n) is 1.01. The van der Waals surface area contributed by atoms with Gasteiger partial charge in [0.25, 0.3) is 5.12 Å². The van der Waals surface area contributed by atoms with E-state index in [1.807, 2.05) is 0 Å². The monoisotopic (exact) mass is 156 g/mol. The summed E-state index contributed by atoms with van der Waals surface area (Å²) in [6.45, 7) is 0. The fourth-order valence-corrected chi connectivity index (χ4v) is 0.734. The van der Waals surface area contributed by atoms with Crippen molar-refractivity contribution in [2.24, 2.45) is 0 Å². The smallest absolute Gasteiger partial charge is 0.280 e. The molecule has 6 heteroatoms. The third-order valence-corrected chi connectivity index (χ3v) is 1.64. The Labute approximate surface area is 52.0 Å². The molecule has 0 aromatic heterocycles. The van der Waals surface area contributed by atoms with Crippen molar-refractivity contribution in [3.63, 3.8) is 0 Å². The van der Waals surface area contributed by atoms with Crippen molar-refractivity contribution < 1.29 is 17.8 Å². The molecule has 4 nitrogen and oxygen atoms in total. The Morgan fingerprint density at radius 3 is 2.00 bits per heavy atom. The first-order valence-corrected chi connectivity index (χ1v) is 3.67. The van der Waals surface area contributed by atoms with Gasteiger partial charge in [-0.15, -0.1) is 0 Å². The largest absolute Gasteiger partial charge is 0.329 e. The Bertz CT molecular complexity index is 178. The van der Waals surface area contributed by atoms with Crippen LogP contribution in [0.25, 0.3) is 0 Å². The van der Waals surface area contributed by atoms with Gasteiger partial charge in [0, 0.05) is 0 Å². The van der Waals surface area contributed by atoms with Crippen molar-refractivity contribution in [3.05, 3.63) is 0 Å². The van der Waals surface area contributed by atoms with Crippen LogP contribution in [-0.4, -0.2) is 23.8 Å². The normalized spacial score (nSPS) is 11.2. The average molecular weight is 156 g/mol. The van der Waals surface area contributed by atoms with Gasteiger partial charge in [-0.25, -0.2) is 0 Å². The third kappa shape index (κ3) is 2.29. The molecule has 0 aliphatic rings. The Hall–Kier alpha value is -0.0700. The van der Waals surface area contributed by atoms with Crippen LogP contribution < -0.4 is 0 Å². The van der Waals surface area contributed by atoms with Gasteiger partial charge in [-0.05, 0) is 0 Å². The van der Waals surface area contributed by atoms with E-state index in [1.165, 1.54) is 0 Å². The van der Waals surface area contributed by atoms with E-state index in [2.05, 4.69) is 12.6 Å². The predicted octanol–water partition coefficient (Wildman–Crippen LogP) is -0.669. The first kappa shape index (κ1) is 7.93. The number of thiol groups is 1. The van der Waals surface area contributed by atoms with Gasteiger partial charge >= 0.3 is 10.1 Å². The van der Waals surface area contributed by atoms with Crippen LogP contribution >= 0.6 is 12.6 Å². The molecule has 0 amide bonds. The van der Waals surface area contributed by atoms with Crippen LogP contribution in [0.4, 0.5) is 0 Å². The van der Waals surface area contributed by atoms with Crippen LogP contribution in [0.5, 0.6) is 0 Å². The minimum atomic E-state index is -4.47. The lowest BCUT2D eigenvalue weighted by Crippen LogP contribution is -2.13. The maximum absolute atomic E-state index is 9.92. The van der Waals surface area contributed by atoms with Crippen LogP contribution in [0.1, 0.15) is 0 Å². The second-order valence-corrected chi connectivity index (χ2v) is 2.73. The maximum Gasteiger partial charge on any atom is 0.329 e. The van der Waals surface area contributed by atoms with E-state index >= 15 is 0 Å². The van der Waals surface area contributed by atoms with E-state index in [-0.39, 0.29) is 0 Å². The van der Waals surface area contributed by atoms with Crippen molar-refractivity contribution in [2.75, 3.05) is 5.75 Å². The van der Waals surface area contributed by atoms with E-state index in [0.29, 0.717) is 0 Å². The van der Waals surface area contributed by atoms with Crippen molar-refractivity contribution in [1.29, 1.82) is 0 Å². The van der Waals surface area contributed by atoms with Crippen molar-refractivity contribution in [2.45, 2.75) is 0 Å². The van der Waals surface area contributed by atoms with Gasteiger partial charge in [-0.3, -0.25) is 9.35 Å². The Morgan fingerprint density at radius 2 is 2.00 bits per heavy atom. The summed E-state index contributed by atoms with van der Waals surface area (Å²) in [5, 5.41) is -1.28. The highest BCUT2D eigenvalue weighted by atomic mass is 32.2. The van der Waals surface area contributed by atoms with E-state index in [0.717, 1.165) is 0 Å². The standard InChI is InChI=1S/C2H4O4S2/c3-2(1-7)8(4,5)6/h7H,1H2,(H,4,5,6). The molecule has 0 heterocycles. The molecular weight excluding hydrogens is 152 g/mol. The van der Waals surface area contributed by atoms with Gasteiger partial charge in [0.15, 0.2) is 0 Å². The van der Waals surface area contributed by atoms with Crippen molar-refractivity contribution in [1.82, 2.24) is 0 Å². The molecule has 0 atom stereocenters. The summed E-state index contributed by atoms with van der Waals surface area (Å²) in [6, 6.07) is 0. The molecule has 0 aromatic carbocycles. The zero-order chi connectivity index (χ0) is 6.78. The molecule has 0 unspecified atom stereocenters. The molecule has 0 radical (unpaired) electrons. The fourth-order valence-electron chi connectivity index (χ4n) is 0.0816. The molecular formula is C2H4O4S2. The predicted molar refractivity (Wildman–Crippen MR) is 30.4 cm³/mol. The number of rotatable bonds is 1. The van der Waals surface area contributed by atoms with Crippen LogP contribution in [0, 0.1) is 0 Å². The summed E-state index contributed by atoms with van der Waals surface area (Å²) in [4.78, 5) is 9.92. The zero-order valence-corrected chi connectivity index (χ0v) is 5.45. The number of carbonyl (C=O) groups excluding carboxylic acids is 1. The van der Waals surface area contributed by atoms with Gasteiger partial charge < -0.3 is 0 Å². The quantitative estimate of drug-likeness (QED) is 0.390. The molecule has 0 spiro atoms. The highest BCUT2D eigenvalue weighted by Crippen LogP contribution is 1.86. The third-order valence-electron chi connectivity index (χ3n) is 0.417. The first-order chi connectivity index (χ1) is 3.48. The summed E-state index contributed by atoms with van der Waals surface area (Å²) in [5.74, 6) is -0.487. The SMILES string of the molecule is O=C(CS)S(=O)(=O)O. The molecule has 0 saturated heterocycles. The van der Waals surface area contributed by atoms with Gasteiger partial charge in [-0.1, -0.05) is 0 Å². The van der Waals surface area contributed by atoms with E-state index in [9.17, 15) is 13.2 Å². The zero-order valence-electron chi connectivity index (χ0n) is 3.73. The highest BCUT2D eigenvalue weighted by Gasteiger charge is 2.14. The van der Waals surface area contributed by atoms with Crippen LogP contribution in [-0.2, 0) is 14.9 Å². The minimum absolute atomic E-state index is 0.487. The summed E-state index contributed by atoms with van der Waals surface area (Å²) in [7, 11) is -4.47. The van der Waals surface area contributed by atoms with E-state index < -0.39 is 21.0 Å². The van der Waals surface area contributed by atoms with E-state index in [1.54, 1.807) is 0 Å². The van der Waals surface area contributed by atoms with Crippen LogP contribution in [0.3, 0.4) is 0 Å². The number of carbonyl (C=O) groups is 1. The maximum atomic E-state index is 9.92. The molecule has 1 N–H and O–H groups in total. The van der Waals surface area contributed by atoms with Crippen LogP contribution in [0.15, 0.2) is 0 Å². The summed E-state index contributed by atoms with van der Waals surface area (Å²) in [6.07, 6.45) is 0. The number of hydrogen-bond acceptors (Lipinski definition) is 4. The average Bonchev–Trinajstić information content (AvgIpc) is 1.62. The molecule has 48 valence electrons. The second kappa shape index (κ2) is 2.47. The topological polar surface area (TPSA) is 71.4 Å². The molecule has 0 fully saturated rings. The molecule has 0 bridgehead atoms. The lowest BCUT2D eigenvalue weighted by molar-refractivity contribution is -0.110. The molecule has 0 aromatic rings. The highest BCUT2D eigenvalue weighted by molar-refractivity contribution is 8.03. The van der Waals surface area contributed by atoms with Gasteiger partial charge in [-0.2, -0.15) is 21.0 Å². The van der Waals surface area contributed by atoms with Crippen molar-refractivity contribution in [3.8, 4) is 0 Å². The molecule has 0 aliphatic carbocycles. The van der Waals surface area contributed by atoms with E-state index in [4.69, 9.17) is 4.55 Å². The summed E-state index contributed by atoms with van der Waals surface area (Å²) >= 11 is 3.32. The van der Waals surface area contributed by atoms with Gasteiger partial charge in [0.2, 0.25) is 0 Å². The summed E-state index contributed by atoms with van der Waals surface area (Å²) < 4.78 is 27.3. The van der Waals surface area contributed by atoms with Crippen LogP contribution in [0.2, 0.25) is 0 Å². The first-order valence-electron chi connectivity index (χ1n) is 1.59. The fraction of sp³-hybridized carbons (Fsp3) is 0.500. The Kier molecular flexibility index (Phi) is 2.45. The molecule has 0 saturated carbocycles. The molecule has 8 heavy (non-hydrogen) atoms. The Morgan fingerprint density at radius 1 is 1.62 bits per heavy atom. The molecule has 0 aliphatic heterocycles.